The Morgan fingerprint density at radius 1 is 0.525 bits per heavy atom. The van der Waals surface area contributed by atoms with E-state index in [-0.39, 0.29) is 25.8 Å². The van der Waals surface area contributed by atoms with E-state index >= 15 is 0 Å². The summed E-state index contributed by atoms with van der Waals surface area (Å²) in [5, 5.41) is 0. The Balaban J connectivity index is 4.21. The van der Waals surface area contributed by atoms with Gasteiger partial charge in [0.05, 0.1) is 34.4 Å². The summed E-state index contributed by atoms with van der Waals surface area (Å²) in [4.78, 5) is 25.1. The second kappa shape index (κ2) is 44.5. The van der Waals surface area contributed by atoms with E-state index < -0.39 is 13.9 Å². The first-order valence-electron chi connectivity index (χ1n) is 24.7. The molecule has 0 bridgehead atoms. The van der Waals surface area contributed by atoms with E-state index in [0.29, 0.717) is 24.1 Å². The molecule has 0 aliphatic rings. The van der Waals surface area contributed by atoms with Gasteiger partial charge < -0.3 is 27.9 Å². The maximum Gasteiger partial charge on any atom is 0.306 e. The number of allylic oxidation sites excluding steroid dienone is 12. The van der Waals surface area contributed by atoms with Gasteiger partial charge in [0.15, 0.2) is 0 Å². The summed E-state index contributed by atoms with van der Waals surface area (Å²) in [6.07, 6.45) is 57.7. The van der Waals surface area contributed by atoms with Gasteiger partial charge in [0.25, 0.3) is 7.82 Å². The highest BCUT2D eigenvalue weighted by Gasteiger charge is 2.20. The summed E-state index contributed by atoms with van der Waals surface area (Å²) in [6, 6.07) is 0. The van der Waals surface area contributed by atoms with Crippen LogP contribution in [0.3, 0.4) is 0 Å². The second-order valence-electron chi connectivity index (χ2n) is 17.4. The van der Waals surface area contributed by atoms with Crippen molar-refractivity contribution >= 4 is 13.8 Å². The average Bonchev–Trinajstić information content (AvgIpc) is 3.22. The number of carbonyl (C=O) groups is 1. The number of carbonyl (C=O) groups excluding carboxylic acids is 1. The van der Waals surface area contributed by atoms with Crippen LogP contribution < -0.4 is 4.89 Å². The van der Waals surface area contributed by atoms with Crippen LogP contribution in [0.15, 0.2) is 72.9 Å². The number of unbranched alkanes of at least 4 members (excludes halogenated alkanes) is 19. The maximum absolute atomic E-state index is 12.7. The van der Waals surface area contributed by atoms with Gasteiger partial charge in [-0.05, 0) is 83.5 Å². The molecule has 0 saturated carbocycles. The van der Waals surface area contributed by atoms with Crippen LogP contribution in [0.5, 0.6) is 0 Å². The lowest BCUT2D eigenvalue weighted by atomic mass is 10.1. The largest absolute Gasteiger partial charge is 0.756 e. The molecule has 0 radical (unpaired) electrons. The van der Waals surface area contributed by atoms with E-state index in [2.05, 4.69) is 86.8 Å². The van der Waals surface area contributed by atoms with Crippen molar-refractivity contribution in [3.8, 4) is 0 Å². The number of ether oxygens (including phenoxy) is 2. The van der Waals surface area contributed by atoms with Crippen molar-refractivity contribution in [2.45, 2.75) is 200 Å². The lowest BCUT2D eigenvalue weighted by Gasteiger charge is -2.28. The van der Waals surface area contributed by atoms with Crippen LogP contribution in [-0.2, 0) is 27.9 Å². The van der Waals surface area contributed by atoms with E-state index in [1.54, 1.807) is 0 Å². The van der Waals surface area contributed by atoms with Crippen LogP contribution in [0.1, 0.15) is 194 Å². The molecule has 2 atom stereocenters. The molecule has 8 nitrogen and oxygen atoms in total. The number of quaternary nitrogens is 1. The second-order valence-corrected chi connectivity index (χ2v) is 18.8. The average molecular weight is 876 g/mol. The molecule has 0 amide bonds. The number of phosphoric ester groups is 1. The van der Waals surface area contributed by atoms with Crippen molar-refractivity contribution in [1.82, 2.24) is 0 Å². The minimum absolute atomic E-state index is 0.0191. The highest BCUT2D eigenvalue weighted by Crippen LogP contribution is 2.38. The Morgan fingerprint density at radius 2 is 0.951 bits per heavy atom. The van der Waals surface area contributed by atoms with E-state index in [1.807, 2.05) is 21.1 Å². The van der Waals surface area contributed by atoms with E-state index in [0.717, 1.165) is 77.0 Å². The number of hydrogen-bond acceptors (Lipinski definition) is 7. The van der Waals surface area contributed by atoms with Gasteiger partial charge in [-0.1, -0.05) is 177 Å². The van der Waals surface area contributed by atoms with Crippen LogP contribution >= 0.6 is 7.82 Å². The fourth-order valence-electron chi connectivity index (χ4n) is 6.45. The summed E-state index contributed by atoms with van der Waals surface area (Å²) >= 11 is 0. The Kier molecular flexibility index (Phi) is 43.0. The van der Waals surface area contributed by atoms with E-state index in [9.17, 15) is 14.3 Å². The van der Waals surface area contributed by atoms with Crippen LogP contribution in [0, 0.1) is 0 Å². The molecule has 0 N–H and O–H groups in total. The smallest absolute Gasteiger partial charge is 0.306 e. The standard InChI is InChI=1S/C52H94NO7P/c1-6-8-10-12-14-16-18-20-22-24-26-28-30-32-34-36-38-40-42-44-47-57-49-51(50-59-61(55,56)58-48-46-53(3,4)5)60-52(54)45-43-41-39-37-35-33-31-29-27-25-23-21-19-17-15-13-11-9-7-2/h9,11,14-17,20-23,27,29,51H,6-8,10,12-13,18-19,24-26,28,30-50H2,1-5H3/b11-9-,16-14-,17-15-,22-20-,23-21-,29-27-. The van der Waals surface area contributed by atoms with Crippen molar-refractivity contribution in [1.29, 1.82) is 0 Å². The van der Waals surface area contributed by atoms with Gasteiger partial charge in [0.1, 0.15) is 19.3 Å². The number of nitrogens with zero attached hydrogens (tertiary/aromatic N) is 1. The van der Waals surface area contributed by atoms with Crippen LogP contribution in [0.2, 0.25) is 0 Å². The molecule has 354 valence electrons. The molecule has 0 aromatic heterocycles. The number of likely N-dealkylation sites (N-methyl/N-ethyl adjacent to an activating group) is 1. The van der Waals surface area contributed by atoms with Crippen molar-refractivity contribution in [3.63, 3.8) is 0 Å². The first kappa shape index (κ1) is 58.9. The third-order valence-electron chi connectivity index (χ3n) is 10.2. The fraction of sp³-hybridized carbons (Fsp3) is 0.750. The van der Waals surface area contributed by atoms with Crippen LogP contribution in [0.25, 0.3) is 0 Å². The van der Waals surface area contributed by atoms with Gasteiger partial charge in [-0.25, -0.2) is 0 Å². The summed E-state index contributed by atoms with van der Waals surface area (Å²) in [5.41, 5.74) is 0. The highest BCUT2D eigenvalue weighted by molar-refractivity contribution is 7.45. The van der Waals surface area contributed by atoms with E-state index in [1.165, 1.54) is 96.3 Å². The van der Waals surface area contributed by atoms with Gasteiger partial charge in [-0.15, -0.1) is 0 Å². The monoisotopic (exact) mass is 876 g/mol. The molecule has 0 rings (SSSR count). The topological polar surface area (TPSA) is 94.1 Å². The first-order valence-corrected chi connectivity index (χ1v) is 26.1. The zero-order valence-corrected chi connectivity index (χ0v) is 41.0. The summed E-state index contributed by atoms with van der Waals surface area (Å²) in [5.74, 6) is -0.350. The van der Waals surface area contributed by atoms with Crippen molar-refractivity contribution in [2.24, 2.45) is 0 Å². The lowest BCUT2D eigenvalue weighted by Crippen LogP contribution is -2.37. The summed E-state index contributed by atoms with van der Waals surface area (Å²) < 4.78 is 34.7. The highest BCUT2D eigenvalue weighted by atomic mass is 31.2. The molecule has 61 heavy (non-hydrogen) atoms. The van der Waals surface area contributed by atoms with Crippen molar-refractivity contribution in [2.75, 3.05) is 54.1 Å². The molecule has 9 heteroatoms. The van der Waals surface area contributed by atoms with Gasteiger partial charge >= 0.3 is 5.97 Å². The van der Waals surface area contributed by atoms with Gasteiger partial charge in [-0.3, -0.25) is 9.36 Å². The van der Waals surface area contributed by atoms with Crippen LogP contribution in [-0.4, -0.2) is 70.7 Å². The van der Waals surface area contributed by atoms with Crippen molar-refractivity contribution < 1.29 is 37.3 Å². The predicted octanol–water partition coefficient (Wildman–Crippen LogP) is 14.4. The molecule has 0 aromatic carbocycles. The molecule has 0 aromatic rings. The molecular weight excluding hydrogens is 782 g/mol. The lowest BCUT2D eigenvalue weighted by molar-refractivity contribution is -0.870. The minimum atomic E-state index is -4.54. The number of phosphoric acid groups is 1. The number of hydrogen-bond donors (Lipinski definition) is 0. The third kappa shape index (κ3) is 48.8. The molecular formula is C52H94NO7P. The van der Waals surface area contributed by atoms with Gasteiger partial charge in [-0.2, -0.15) is 0 Å². The Hall–Kier alpha value is -2.06. The molecule has 2 unspecified atom stereocenters. The fourth-order valence-corrected chi connectivity index (χ4v) is 7.18. The molecule has 0 aliphatic heterocycles. The molecule has 0 spiro atoms. The first-order chi connectivity index (χ1) is 29.6. The number of esters is 1. The Labute approximate surface area is 376 Å². The third-order valence-corrected chi connectivity index (χ3v) is 11.2. The molecule has 0 heterocycles. The Bertz CT molecular complexity index is 1200. The summed E-state index contributed by atoms with van der Waals surface area (Å²) in [6.45, 7) is 5.25. The normalized spacial score (nSPS) is 14.3. The Morgan fingerprint density at radius 3 is 1.43 bits per heavy atom. The van der Waals surface area contributed by atoms with Gasteiger partial charge in [0.2, 0.25) is 0 Å². The molecule has 0 fully saturated rings. The van der Waals surface area contributed by atoms with E-state index in [4.69, 9.17) is 18.5 Å². The quantitative estimate of drug-likeness (QED) is 0.0198. The predicted molar refractivity (Wildman–Crippen MR) is 259 cm³/mol. The van der Waals surface area contributed by atoms with Gasteiger partial charge in [0, 0.05) is 13.0 Å². The van der Waals surface area contributed by atoms with Crippen LogP contribution in [0.4, 0.5) is 0 Å². The number of rotatable bonds is 45. The minimum Gasteiger partial charge on any atom is -0.756 e. The SMILES string of the molecule is CC/C=C\C/C=C\C/C=C\C/C=C\CCCCCCCCC(=O)OC(COCCCCCCCCCCCC/C=C\C/C=C\CCCCC)COP(=O)([O-])OCC[N+](C)(C)C. The zero-order chi connectivity index (χ0) is 44.8. The summed E-state index contributed by atoms with van der Waals surface area (Å²) in [7, 11) is 1.34. The van der Waals surface area contributed by atoms with Crippen molar-refractivity contribution in [3.05, 3.63) is 72.9 Å². The maximum atomic E-state index is 12.7. The molecule has 0 saturated heterocycles. The molecule has 0 aliphatic carbocycles. The zero-order valence-electron chi connectivity index (χ0n) is 40.1.